The second-order valence-electron chi connectivity index (χ2n) is 3.55. The molecule has 2 rings (SSSR count). The van der Waals surface area contributed by atoms with E-state index in [1.807, 2.05) is 0 Å². The molecular formula is C11H13N5O. The molecule has 1 aromatic carbocycles. The second-order valence-corrected chi connectivity index (χ2v) is 3.55. The Bertz CT molecular complexity index is 494. The third-order valence-electron chi connectivity index (χ3n) is 2.25. The summed E-state index contributed by atoms with van der Waals surface area (Å²) in [6.45, 7) is 1.09. The summed E-state index contributed by atoms with van der Waals surface area (Å²) in [5, 5.41) is 10.3. The van der Waals surface area contributed by atoms with E-state index in [1.165, 1.54) is 0 Å². The molecular weight excluding hydrogens is 218 g/mol. The molecule has 0 radical (unpaired) electrons. The van der Waals surface area contributed by atoms with Crippen LogP contribution in [0, 0.1) is 0 Å². The van der Waals surface area contributed by atoms with Crippen molar-refractivity contribution in [1.29, 1.82) is 0 Å². The second kappa shape index (κ2) is 5.11. The van der Waals surface area contributed by atoms with Crippen molar-refractivity contribution in [3.05, 3.63) is 42.2 Å². The Kier molecular flexibility index (Phi) is 3.34. The Morgan fingerprint density at radius 1 is 1.47 bits per heavy atom. The number of rotatable bonds is 4. The minimum absolute atomic E-state index is 0.141. The van der Waals surface area contributed by atoms with Crippen LogP contribution < -0.4 is 11.1 Å². The average Bonchev–Trinajstić information content (AvgIpc) is 2.82. The van der Waals surface area contributed by atoms with Gasteiger partial charge in [-0.05, 0) is 18.2 Å². The van der Waals surface area contributed by atoms with E-state index in [2.05, 4.69) is 15.6 Å². The fourth-order valence-corrected chi connectivity index (χ4v) is 1.42. The fourth-order valence-electron chi connectivity index (χ4n) is 1.42. The molecule has 0 saturated heterocycles. The van der Waals surface area contributed by atoms with Crippen LogP contribution in [0.2, 0.25) is 0 Å². The molecule has 0 unspecified atom stereocenters. The number of carbonyl (C=O) groups is 1. The number of nitrogens with two attached hydrogens (primary N) is 1. The first-order valence-corrected chi connectivity index (χ1v) is 5.23. The highest BCUT2D eigenvalue weighted by Crippen LogP contribution is 2.05. The van der Waals surface area contributed by atoms with Gasteiger partial charge in [0.15, 0.2) is 0 Å². The molecule has 6 nitrogen and oxygen atoms in total. The Morgan fingerprint density at radius 2 is 2.35 bits per heavy atom. The number of hydrogen-bond donors (Lipinski definition) is 2. The van der Waals surface area contributed by atoms with Gasteiger partial charge in [-0.25, -0.2) is 0 Å². The molecule has 0 aliphatic carbocycles. The first kappa shape index (κ1) is 11.1. The molecule has 6 heteroatoms. The number of aromatic nitrogens is 3. The summed E-state index contributed by atoms with van der Waals surface area (Å²) in [5.41, 5.74) is 6.74. The van der Waals surface area contributed by atoms with E-state index in [0.717, 1.165) is 0 Å². The van der Waals surface area contributed by atoms with Crippen LogP contribution in [0.15, 0.2) is 36.7 Å². The van der Waals surface area contributed by atoms with E-state index in [0.29, 0.717) is 24.3 Å². The lowest BCUT2D eigenvalue weighted by Gasteiger charge is -2.05. The highest BCUT2D eigenvalue weighted by Gasteiger charge is 2.04. The van der Waals surface area contributed by atoms with Crippen LogP contribution in [0.3, 0.4) is 0 Å². The van der Waals surface area contributed by atoms with Crippen LogP contribution in [0.4, 0.5) is 5.69 Å². The summed E-state index contributed by atoms with van der Waals surface area (Å²) in [6, 6.07) is 6.86. The van der Waals surface area contributed by atoms with Gasteiger partial charge in [-0.3, -0.25) is 9.48 Å². The fraction of sp³-hybridized carbons (Fsp3) is 0.182. The number of amides is 1. The van der Waals surface area contributed by atoms with E-state index in [1.54, 1.807) is 41.3 Å². The molecule has 88 valence electrons. The molecule has 0 spiro atoms. The van der Waals surface area contributed by atoms with Crippen molar-refractivity contribution in [2.75, 3.05) is 12.3 Å². The lowest BCUT2D eigenvalue weighted by molar-refractivity contribution is 0.0952. The Labute approximate surface area is 98.4 Å². The molecule has 0 aliphatic heterocycles. The topological polar surface area (TPSA) is 85.8 Å². The number of carbonyl (C=O) groups excluding carboxylic acids is 1. The summed E-state index contributed by atoms with van der Waals surface area (Å²) >= 11 is 0. The normalized spacial score (nSPS) is 10.1. The maximum atomic E-state index is 11.7. The molecule has 0 aliphatic rings. The van der Waals surface area contributed by atoms with Crippen LogP contribution in [0.5, 0.6) is 0 Å². The van der Waals surface area contributed by atoms with Crippen LogP contribution >= 0.6 is 0 Å². The van der Waals surface area contributed by atoms with Crippen molar-refractivity contribution in [1.82, 2.24) is 20.3 Å². The summed E-state index contributed by atoms with van der Waals surface area (Å²) in [5.74, 6) is -0.141. The van der Waals surface area contributed by atoms with Crippen molar-refractivity contribution in [3.8, 4) is 0 Å². The number of benzene rings is 1. The van der Waals surface area contributed by atoms with Gasteiger partial charge in [-0.1, -0.05) is 11.3 Å². The van der Waals surface area contributed by atoms with Crippen molar-refractivity contribution in [2.45, 2.75) is 6.54 Å². The molecule has 0 fully saturated rings. The number of nitrogen functional groups attached to an aromatic ring is 1. The van der Waals surface area contributed by atoms with E-state index in [-0.39, 0.29) is 5.91 Å². The lowest BCUT2D eigenvalue weighted by Crippen LogP contribution is -2.27. The van der Waals surface area contributed by atoms with Gasteiger partial charge < -0.3 is 11.1 Å². The van der Waals surface area contributed by atoms with Gasteiger partial charge in [0.25, 0.3) is 5.91 Å². The van der Waals surface area contributed by atoms with Crippen molar-refractivity contribution >= 4 is 11.6 Å². The molecule has 1 heterocycles. The van der Waals surface area contributed by atoms with Crippen LogP contribution in [0.1, 0.15) is 10.4 Å². The molecule has 0 bridgehead atoms. The molecule has 2 aromatic rings. The van der Waals surface area contributed by atoms with E-state index in [4.69, 9.17) is 5.73 Å². The molecule has 17 heavy (non-hydrogen) atoms. The van der Waals surface area contributed by atoms with Gasteiger partial charge in [0, 0.05) is 24.0 Å². The minimum atomic E-state index is -0.141. The van der Waals surface area contributed by atoms with Crippen LogP contribution in [-0.2, 0) is 6.54 Å². The summed E-state index contributed by atoms with van der Waals surface area (Å²) in [6.07, 6.45) is 3.34. The molecule has 1 amide bonds. The third kappa shape index (κ3) is 3.04. The zero-order chi connectivity index (χ0) is 12.1. The summed E-state index contributed by atoms with van der Waals surface area (Å²) in [7, 11) is 0. The van der Waals surface area contributed by atoms with Gasteiger partial charge in [0.05, 0.1) is 12.7 Å². The zero-order valence-corrected chi connectivity index (χ0v) is 9.21. The summed E-state index contributed by atoms with van der Waals surface area (Å²) < 4.78 is 1.65. The van der Waals surface area contributed by atoms with Crippen molar-refractivity contribution in [2.24, 2.45) is 0 Å². The average molecular weight is 231 g/mol. The standard InChI is InChI=1S/C11H13N5O/c12-10-3-1-2-9(8-10)11(17)13-4-6-16-7-5-14-15-16/h1-3,5,7-8H,4,6,12H2,(H,13,17). The van der Waals surface area contributed by atoms with Crippen molar-refractivity contribution in [3.63, 3.8) is 0 Å². The molecule has 1 aromatic heterocycles. The van der Waals surface area contributed by atoms with Gasteiger partial charge >= 0.3 is 0 Å². The first-order valence-electron chi connectivity index (χ1n) is 5.23. The smallest absolute Gasteiger partial charge is 0.251 e. The number of nitrogens with zero attached hydrogens (tertiary/aromatic N) is 3. The van der Waals surface area contributed by atoms with E-state index in [9.17, 15) is 4.79 Å². The number of nitrogens with one attached hydrogen (secondary N) is 1. The maximum Gasteiger partial charge on any atom is 0.251 e. The SMILES string of the molecule is Nc1cccc(C(=O)NCCn2ccnn2)c1. The summed E-state index contributed by atoms with van der Waals surface area (Å²) in [4.78, 5) is 11.7. The van der Waals surface area contributed by atoms with E-state index < -0.39 is 0 Å². The zero-order valence-electron chi connectivity index (χ0n) is 9.21. The largest absolute Gasteiger partial charge is 0.399 e. The quantitative estimate of drug-likeness (QED) is 0.740. The Hall–Kier alpha value is -2.37. The lowest BCUT2D eigenvalue weighted by atomic mass is 10.2. The highest BCUT2D eigenvalue weighted by atomic mass is 16.1. The molecule has 0 atom stereocenters. The third-order valence-corrected chi connectivity index (χ3v) is 2.25. The highest BCUT2D eigenvalue weighted by molar-refractivity contribution is 5.94. The maximum absolute atomic E-state index is 11.7. The van der Waals surface area contributed by atoms with Crippen molar-refractivity contribution < 1.29 is 4.79 Å². The van der Waals surface area contributed by atoms with Gasteiger partial charge in [-0.15, -0.1) is 5.10 Å². The predicted molar refractivity (Wildman–Crippen MR) is 63.2 cm³/mol. The Balaban J connectivity index is 1.85. The Morgan fingerprint density at radius 3 is 3.06 bits per heavy atom. The number of anilines is 1. The van der Waals surface area contributed by atoms with Gasteiger partial charge in [0.1, 0.15) is 0 Å². The molecule has 0 saturated carbocycles. The van der Waals surface area contributed by atoms with Crippen LogP contribution in [-0.4, -0.2) is 27.4 Å². The predicted octanol–water partition coefficient (Wildman–Crippen LogP) is 0.290. The van der Waals surface area contributed by atoms with Gasteiger partial charge in [0.2, 0.25) is 0 Å². The number of hydrogen-bond acceptors (Lipinski definition) is 4. The van der Waals surface area contributed by atoms with Crippen LogP contribution in [0.25, 0.3) is 0 Å². The van der Waals surface area contributed by atoms with Gasteiger partial charge in [-0.2, -0.15) is 0 Å². The minimum Gasteiger partial charge on any atom is -0.399 e. The first-order chi connectivity index (χ1) is 8.25. The van der Waals surface area contributed by atoms with E-state index >= 15 is 0 Å². The molecule has 3 N–H and O–H groups in total. The monoisotopic (exact) mass is 231 g/mol.